The fourth-order valence-corrected chi connectivity index (χ4v) is 3.42. The van der Waals surface area contributed by atoms with E-state index >= 15 is 0 Å². The molecule has 7 heteroatoms. The maximum atomic E-state index is 13.3. The van der Waals surface area contributed by atoms with Gasteiger partial charge >= 0.3 is 0 Å². The second-order valence-electron chi connectivity index (χ2n) is 6.54. The third-order valence-corrected chi connectivity index (χ3v) is 4.84. The molecule has 0 spiro atoms. The van der Waals surface area contributed by atoms with Crippen LogP contribution in [0, 0.1) is 11.7 Å². The molecular formula is C18H22FN3O3. The van der Waals surface area contributed by atoms with Crippen LogP contribution in [0.5, 0.6) is 0 Å². The smallest absolute Gasteiger partial charge is 0.242 e. The van der Waals surface area contributed by atoms with Crippen molar-refractivity contribution in [2.24, 2.45) is 5.92 Å². The summed E-state index contributed by atoms with van der Waals surface area (Å²) in [6.07, 6.45) is 0.227. The number of hydrogen-bond donors (Lipinski definition) is 0. The summed E-state index contributed by atoms with van der Waals surface area (Å²) in [5.41, 5.74) is 0.730. The van der Waals surface area contributed by atoms with Crippen molar-refractivity contribution in [1.82, 2.24) is 14.7 Å². The lowest BCUT2D eigenvalue weighted by Crippen LogP contribution is -2.53. The zero-order chi connectivity index (χ0) is 18.0. The zero-order valence-electron chi connectivity index (χ0n) is 14.3. The van der Waals surface area contributed by atoms with Crippen molar-refractivity contribution in [3.8, 4) is 0 Å². The van der Waals surface area contributed by atoms with Gasteiger partial charge in [0.25, 0.3) is 0 Å². The first-order valence-electron chi connectivity index (χ1n) is 8.56. The van der Waals surface area contributed by atoms with Gasteiger partial charge in [-0.25, -0.2) is 4.39 Å². The minimum atomic E-state index is -0.352. The molecule has 1 aromatic rings. The molecular weight excluding hydrogens is 325 g/mol. The van der Waals surface area contributed by atoms with Gasteiger partial charge in [-0.3, -0.25) is 14.4 Å². The van der Waals surface area contributed by atoms with Crippen LogP contribution >= 0.6 is 0 Å². The van der Waals surface area contributed by atoms with Crippen molar-refractivity contribution >= 4 is 17.7 Å². The van der Waals surface area contributed by atoms with Crippen molar-refractivity contribution in [2.75, 3.05) is 32.7 Å². The summed E-state index contributed by atoms with van der Waals surface area (Å²) < 4.78 is 13.3. The number of hydrogen-bond acceptors (Lipinski definition) is 3. The average molecular weight is 347 g/mol. The Morgan fingerprint density at radius 1 is 1.20 bits per heavy atom. The molecule has 0 N–H and O–H groups in total. The van der Waals surface area contributed by atoms with E-state index in [1.807, 2.05) is 6.92 Å². The third-order valence-electron chi connectivity index (χ3n) is 4.84. The Morgan fingerprint density at radius 3 is 2.64 bits per heavy atom. The molecule has 2 aliphatic rings. The first kappa shape index (κ1) is 17.4. The van der Waals surface area contributed by atoms with Gasteiger partial charge in [-0.2, -0.15) is 0 Å². The summed E-state index contributed by atoms with van der Waals surface area (Å²) in [6.45, 7) is 4.14. The van der Waals surface area contributed by atoms with E-state index in [1.54, 1.807) is 26.8 Å². The Morgan fingerprint density at radius 2 is 2.00 bits per heavy atom. The van der Waals surface area contributed by atoms with Crippen molar-refractivity contribution in [3.63, 3.8) is 0 Å². The van der Waals surface area contributed by atoms with Gasteiger partial charge < -0.3 is 14.7 Å². The molecule has 3 amide bonds. The first-order chi connectivity index (χ1) is 12.0. The van der Waals surface area contributed by atoms with E-state index in [2.05, 4.69) is 0 Å². The molecule has 6 nitrogen and oxygen atoms in total. The van der Waals surface area contributed by atoms with Crippen molar-refractivity contribution in [1.29, 1.82) is 0 Å². The number of benzene rings is 1. The predicted molar refractivity (Wildman–Crippen MR) is 88.8 cm³/mol. The molecule has 0 aliphatic carbocycles. The molecule has 0 saturated carbocycles. The van der Waals surface area contributed by atoms with Gasteiger partial charge in [0, 0.05) is 39.1 Å². The van der Waals surface area contributed by atoms with Crippen LogP contribution in [0.4, 0.5) is 4.39 Å². The summed E-state index contributed by atoms with van der Waals surface area (Å²) in [5.74, 6) is -0.958. The molecule has 25 heavy (non-hydrogen) atoms. The maximum Gasteiger partial charge on any atom is 0.242 e. The van der Waals surface area contributed by atoms with Crippen molar-refractivity contribution in [3.05, 3.63) is 35.6 Å². The third kappa shape index (κ3) is 3.81. The molecule has 2 heterocycles. The normalized spacial score (nSPS) is 21.2. The molecule has 2 fully saturated rings. The number of piperazine rings is 1. The van der Waals surface area contributed by atoms with Crippen LogP contribution in [-0.4, -0.2) is 65.1 Å². The number of likely N-dealkylation sites (tertiary alicyclic amines) is 1. The Balaban J connectivity index is 1.57. The standard InChI is InChI=1S/C18H22FN3O3/c1-2-20-11-14(9-16(20)23)18(25)22-7-6-21(17(24)12-22)10-13-4-3-5-15(19)8-13/h3-5,8,14H,2,6-7,9-12H2,1H3/t14-/m1/s1. The summed E-state index contributed by atoms with van der Waals surface area (Å²) in [6, 6.07) is 6.17. The number of halogens is 1. The van der Waals surface area contributed by atoms with E-state index in [0.29, 0.717) is 32.7 Å². The fourth-order valence-electron chi connectivity index (χ4n) is 3.42. The molecule has 134 valence electrons. The van der Waals surface area contributed by atoms with Gasteiger partial charge in [-0.15, -0.1) is 0 Å². The highest BCUT2D eigenvalue weighted by Crippen LogP contribution is 2.21. The first-order valence-corrected chi connectivity index (χ1v) is 8.56. The van der Waals surface area contributed by atoms with Crippen LogP contribution in [0.2, 0.25) is 0 Å². The lowest BCUT2D eigenvalue weighted by atomic mass is 10.1. The van der Waals surface area contributed by atoms with Crippen LogP contribution in [0.15, 0.2) is 24.3 Å². The molecule has 0 unspecified atom stereocenters. The second kappa shape index (κ2) is 7.21. The number of rotatable bonds is 4. The van der Waals surface area contributed by atoms with E-state index in [-0.39, 0.29) is 42.4 Å². The SMILES string of the molecule is CCN1C[C@H](C(=O)N2CCN(Cc3cccc(F)c3)C(=O)C2)CC1=O. The predicted octanol–water partition coefficient (Wildman–Crippen LogP) is 0.865. The fraction of sp³-hybridized carbons (Fsp3) is 0.500. The van der Waals surface area contributed by atoms with Crippen LogP contribution in [0.1, 0.15) is 18.9 Å². The Hall–Kier alpha value is -2.44. The summed E-state index contributed by atoms with van der Waals surface area (Å²) in [7, 11) is 0. The molecule has 0 radical (unpaired) electrons. The summed E-state index contributed by atoms with van der Waals surface area (Å²) in [4.78, 5) is 41.6. The number of nitrogens with zero attached hydrogens (tertiary/aromatic N) is 3. The van der Waals surface area contributed by atoms with E-state index in [9.17, 15) is 18.8 Å². The average Bonchev–Trinajstić information content (AvgIpc) is 2.97. The minimum Gasteiger partial charge on any atom is -0.342 e. The highest BCUT2D eigenvalue weighted by molar-refractivity contribution is 5.92. The second-order valence-corrected chi connectivity index (χ2v) is 6.54. The van der Waals surface area contributed by atoms with Gasteiger partial charge in [0.2, 0.25) is 17.7 Å². The molecule has 2 saturated heterocycles. The van der Waals surface area contributed by atoms with E-state index in [4.69, 9.17) is 0 Å². The van der Waals surface area contributed by atoms with Crippen LogP contribution in [-0.2, 0) is 20.9 Å². The monoisotopic (exact) mass is 347 g/mol. The molecule has 1 atom stereocenters. The maximum absolute atomic E-state index is 13.3. The number of carbonyl (C=O) groups is 3. The van der Waals surface area contributed by atoms with Crippen molar-refractivity contribution in [2.45, 2.75) is 19.9 Å². The molecule has 1 aromatic carbocycles. The number of amides is 3. The van der Waals surface area contributed by atoms with Gasteiger partial charge in [0.1, 0.15) is 5.82 Å². The highest BCUT2D eigenvalue weighted by Gasteiger charge is 2.37. The Kier molecular flexibility index (Phi) is 5.01. The Labute approximate surface area is 146 Å². The molecule has 0 bridgehead atoms. The summed E-state index contributed by atoms with van der Waals surface area (Å²) >= 11 is 0. The van der Waals surface area contributed by atoms with Crippen LogP contribution in [0.25, 0.3) is 0 Å². The molecule has 0 aromatic heterocycles. The quantitative estimate of drug-likeness (QED) is 0.812. The largest absolute Gasteiger partial charge is 0.342 e. The van der Waals surface area contributed by atoms with Gasteiger partial charge in [-0.05, 0) is 24.6 Å². The van der Waals surface area contributed by atoms with Crippen molar-refractivity contribution < 1.29 is 18.8 Å². The molecule has 3 rings (SSSR count). The topological polar surface area (TPSA) is 60.9 Å². The van der Waals surface area contributed by atoms with Gasteiger partial charge in [-0.1, -0.05) is 12.1 Å². The molecule has 2 aliphatic heterocycles. The number of carbonyl (C=O) groups excluding carboxylic acids is 3. The van der Waals surface area contributed by atoms with Gasteiger partial charge in [0.05, 0.1) is 12.5 Å². The lowest BCUT2D eigenvalue weighted by Gasteiger charge is -2.35. The van der Waals surface area contributed by atoms with Crippen LogP contribution < -0.4 is 0 Å². The lowest BCUT2D eigenvalue weighted by molar-refractivity contribution is -0.147. The Bertz CT molecular complexity index is 694. The minimum absolute atomic E-state index is 0.00285. The van der Waals surface area contributed by atoms with E-state index < -0.39 is 0 Å². The summed E-state index contributed by atoms with van der Waals surface area (Å²) in [5, 5.41) is 0. The zero-order valence-corrected chi connectivity index (χ0v) is 14.3. The van der Waals surface area contributed by atoms with Crippen LogP contribution in [0.3, 0.4) is 0 Å². The van der Waals surface area contributed by atoms with Gasteiger partial charge in [0.15, 0.2) is 0 Å². The van der Waals surface area contributed by atoms with E-state index in [0.717, 1.165) is 5.56 Å². The van der Waals surface area contributed by atoms with E-state index in [1.165, 1.54) is 12.1 Å². The highest BCUT2D eigenvalue weighted by atomic mass is 19.1.